The summed E-state index contributed by atoms with van der Waals surface area (Å²) < 4.78 is 5.47. The van der Waals surface area contributed by atoms with Crippen LogP contribution < -0.4 is 4.74 Å². The maximum Gasteiger partial charge on any atom is 0.263 e. The molecular formula is C12H16ClNO3. The first kappa shape index (κ1) is 13.8. The summed E-state index contributed by atoms with van der Waals surface area (Å²) in [6.07, 6.45) is -0.590. The summed E-state index contributed by atoms with van der Waals surface area (Å²) in [4.78, 5) is 13.2. The average molecular weight is 258 g/mol. The first-order chi connectivity index (χ1) is 8.04. The van der Waals surface area contributed by atoms with E-state index < -0.39 is 6.10 Å². The fraction of sp³-hybridized carbons (Fsp3) is 0.417. The molecule has 0 spiro atoms. The van der Waals surface area contributed by atoms with Crippen LogP contribution in [0.4, 0.5) is 0 Å². The van der Waals surface area contributed by atoms with Crippen LogP contribution in [0.3, 0.4) is 0 Å². The van der Waals surface area contributed by atoms with Crippen molar-refractivity contribution in [3.63, 3.8) is 0 Å². The molecule has 4 nitrogen and oxygen atoms in total. The van der Waals surface area contributed by atoms with Gasteiger partial charge in [-0.1, -0.05) is 11.6 Å². The van der Waals surface area contributed by atoms with Crippen LogP contribution in [-0.4, -0.2) is 42.2 Å². The van der Waals surface area contributed by atoms with E-state index in [4.69, 9.17) is 21.4 Å². The highest BCUT2D eigenvalue weighted by Crippen LogP contribution is 2.17. The second kappa shape index (κ2) is 6.47. The van der Waals surface area contributed by atoms with Crippen LogP contribution in [0.15, 0.2) is 24.3 Å². The summed E-state index contributed by atoms with van der Waals surface area (Å²) >= 11 is 5.74. The molecule has 0 saturated heterocycles. The minimum atomic E-state index is -0.590. The Labute approximate surface area is 106 Å². The van der Waals surface area contributed by atoms with Crippen molar-refractivity contribution in [3.05, 3.63) is 29.3 Å². The van der Waals surface area contributed by atoms with Crippen molar-refractivity contribution < 1.29 is 14.6 Å². The molecule has 5 heteroatoms. The number of benzene rings is 1. The van der Waals surface area contributed by atoms with Crippen LogP contribution in [0.1, 0.15) is 6.92 Å². The van der Waals surface area contributed by atoms with Gasteiger partial charge in [-0.15, -0.1) is 0 Å². The van der Waals surface area contributed by atoms with Crippen LogP contribution >= 0.6 is 11.6 Å². The Hall–Kier alpha value is -1.26. The lowest BCUT2D eigenvalue weighted by molar-refractivity contribution is -0.137. The summed E-state index contributed by atoms with van der Waals surface area (Å²) in [5.74, 6) is 0.418. The topological polar surface area (TPSA) is 49.8 Å². The van der Waals surface area contributed by atoms with Crippen LogP contribution in [-0.2, 0) is 4.79 Å². The minimum Gasteiger partial charge on any atom is -0.481 e. The number of ether oxygens (including phenoxy) is 1. The third-order valence-corrected chi connectivity index (χ3v) is 2.54. The van der Waals surface area contributed by atoms with Gasteiger partial charge in [-0.25, -0.2) is 0 Å². The van der Waals surface area contributed by atoms with E-state index in [1.54, 1.807) is 38.2 Å². The third kappa shape index (κ3) is 4.24. The van der Waals surface area contributed by atoms with Crippen molar-refractivity contribution in [2.24, 2.45) is 0 Å². The zero-order valence-corrected chi connectivity index (χ0v) is 10.6. The van der Waals surface area contributed by atoms with Gasteiger partial charge in [0.2, 0.25) is 0 Å². The average Bonchev–Trinajstić information content (AvgIpc) is 2.31. The van der Waals surface area contributed by atoms with E-state index in [0.29, 0.717) is 17.3 Å². The summed E-state index contributed by atoms with van der Waals surface area (Å²) in [6, 6.07) is 6.81. The number of aliphatic hydroxyl groups excluding tert-OH is 1. The molecular weight excluding hydrogens is 242 g/mol. The Morgan fingerprint density at radius 3 is 2.59 bits per heavy atom. The number of halogens is 1. The number of aliphatic hydroxyl groups is 1. The number of carbonyl (C=O) groups excluding carboxylic acids is 1. The van der Waals surface area contributed by atoms with Gasteiger partial charge in [0.15, 0.2) is 6.10 Å². The Kier molecular flexibility index (Phi) is 5.25. The third-order valence-electron chi connectivity index (χ3n) is 2.29. The van der Waals surface area contributed by atoms with Gasteiger partial charge in [0, 0.05) is 18.6 Å². The van der Waals surface area contributed by atoms with Crippen LogP contribution in [0, 0.1) is 0 Å². The number of amides is 1. The van der Waals surface area contributed by atoms with E-state index in [9.17, 15) is 4.79 Å². The van der Waals surface area contributed by atoms with Gasteiger partial charge in [-0.2, -0.15) is 0 Å². The fourth-order valence-electron chi connectivity index (χ4n) is 1.34. The smallest absolute Gasteiger partial charge is 0.263 e. The van der Waals surface area contributed by atoms with Crippen molar-refractivity contribution in [1.29, 1.82) is 0 Å². The number of hydrogen-bond acceptors (Lipinski definition) is 3. The molecule has 0 aromatic heterocycles. The lowest BCUT2D eigenvalue weighted by atomic mass is 10.3. The lowest BCUT2D eigenvalue weighted by Gasteiger charge is -2.21. The Morgan fingerprint density at radius 1 is 1.47 bits per heavy atom. The second-order valence-corrected chi connectivity index (χ2v) is 4.13. The largest absolute Gasteiger partial charge is 0.481 e. The van der Waals surface area contributed by atoms with Gasteiger partial charge in [0.25, 0.3) is 5.91 Å². The fourth-order valence-corrected chi connectivity index (χ4v) is 1.46. The summed E-state index contributed by atoms with van der Waals surface area (Å²) in [5, 5.41) is 9.36. The highest BCUT2D eigenvalue weighted by atomic mass is 35.5. The highest BCUT2D eigenvalue weighted by Gasteiger charge is 2.18. The zero-order valence-electron chi connectivity index (χ0n) is 9.89. The van der Waals surface area contributed by atoms with E-state index in [2.05, 4.69) is 0 Å². The normalized spacial score (nSPS) is 12.0. The van der Waals surface area contributed by atoms with Crippen molar-refractivity contribution in [3.8, 4) is 5.75 Å². The second-order valence-electron chi connectivity index (χ2n) is 3.70. The Balaban J connectivity index is 2.56. The van der Waals surface area contributed by atoms with E-state index in [-0.39, 0.29) is 12.5 Å². The molecule has 0 heterocycles. The van der Waals surface area contributed by atoms with Crippen LogP contribution in [0.5, 0.6) is 5.75 Å². The molecule has 0 fully saturated rings. The van der Waals surface area contributed by atoms with E-state index >= 15 is 0 Å². The number of rotatable bonds is 5. The zero-order chi connectivity index (χ0) is 12.8. The first-order valence-corrected chi connectivity index (χ1v) is 5.70. The predicted molar refractivity (Wildman–Crippen MR) is 66.3 cm³/mol. The Bertz CT molecular complexity index is 367. The minimum absolute atomic E-state index is 0.0596. The van der Waals surface area contributed by atoms with E-state index in [1.807, 2.05) is 0 Å². The standard InChI is InChI=1S/C12H16ClNO3/c1-9(12(16)14(2)7-8-15)17-11-5-3-10(13)4-6-11/h3-6,9,15H,7-8H2,1-2H3. The molecule has 0 saturated carbocycles. The molecule has 1 atom stereocenters. The van der Waals surface area contributed by atoms with E-state index in [0.717, 1.165) is 0 Å². The number of carbonyl (C=O) groups is 1. The van der Waals surface area contributed by atoms with Gasteiger partial charge >= 0.3 is 0 Å². The monoisotopic (exact) mass is 257 g/mol. The molecule has 0 aliphatic heterocycles. The summed E-state index contributed by atoms with van der Waals surface area (Å²) in [6.45, 7) is 1.91. The molecule has 1 N–H and O–H groups in total. The molecule has 0 aliphatic rings. The predicted octanol–water partition coefficient (Wildman–Crippen LogP) is 1.56. The molecule has 1 aromatic carbocycles. The van der Waals surface area contributed by atoms with Crippen molar-refractivity contribution in [2.45, 2.75) is 13.0 Å². The Morgan fingerprint density at radius 2 is 2.06 bits per heavy atom. The molecule has 0 bridgehead atoms. The van der Waals surface area contributed by atoms with E-state index in [1.165, 1.54) is 4.90 Å². The highest BCUT2D eigenvalue weighted by molar-refractivity contribution is 6.30. The molecule has 0 aliphatic carbocycles. The van der Waals surface area contributed by atoms with Crippen molar-refractivity contribution in [2.75, 3.05) is 20.2 Å². The maximum atomic E-state index is 11.8. The van der Waals surface area contributed by atoms with Gasteiger partial charge in [0.05, 0.1) is 6.61 Å². The van der Waals surface area contributed by atoms with Gasteiger partial charge in [-0.05, 0) is 31.2 Å². The molecule has 1 amide bonds. The summed E-state index contributed by atoms with van der Waals surface area (Å²) in [7, 11) is 1.63. The van der Waals surface area contributed by atoms with Crippen molar-refractivity contribution in [1.82, 2.24) is 4.90 Å². The lowest BCUT2D eigenvalue weighted by Crippen LogP contribution is -2.39. The molecule has 0 radical (unpaired) electrons. The molecule has 94 valence electrons. The van der Waals surface area contributed by atoms with Crippen LogP contribution in [0.25, 0.3) is 0 Å². The quantitative estimate of drug-likeness (QED) is 0.871. The molecule has 17 heavy (non-hydrogen) atoms. The summed E-state index contributed by atoms with van der Waals surface area (Å²) in [5.41, 5.74) is 0. The molecule has 1 unspecified atom stereocenters. The number of hydrogen-bond donors (Lipinski definition) is 1. The SMILES string of the molecule is CC(Oc1ccc(Cl)cc1)C(=O)N(C)CCO. The maximum absolute atomic E-state index is 11.8. The van der Waals surface area contributed by atoms with Crippen LogP contribution in [0.2, 0.25) is 5.02 Å². The van der Waals surface area contributed by atoms with Crippen molar-refractivity contribution >= 4 is 17.5 Å². The first-order valence-electron chi connectivity index (χ1n) is 5.32. The van der Waals surface area contributed by atoms with Gasteiger partial charge < -0.3 is 14.7 Å². The number of nitrogens with zero attached hydrogens (tertiary/aromatic N) is 1. The number of likely N-dealkylation sites (N-methyl/N-ethyl adjacent to an activating group) is 1. The van der Waals surface area contributed by atoms with Gasteiger partial charge in [0.1, 0.15) is 5.75 Å². The molecule has 1 aromatic rings. The molecule has 1 rings (SSSR count). The van der Waals surface area contributed by atoms with Gasteiger partial charge in [-0.3, -0.25) is 4.79 Å².